The maximum Gasteiger partial charge on any atom is 0.338 e. The first-order valence-electron chi connectivity index (χ1n) is 8.90. The molecule has 3 N–H and O–H groups in total. The van der Waals surface area contributed by atoms with E-state index >= 15 is 0 Å². The highest BCUT2D eigenvalue weighted by Crippen LogP contribution is 2.24. The minimum absolute atomic E-state index is 0.240. The first kappa shape index (κ1) is 21.0. The molecule has 2 amide bonds. The molecule has 0 saturated carbocycles. The van der Waals surface area contributed by atoms with Gasteiger partial charge in [-0.2, -0.15) is 0 Å². The number of esters is 1. The van der Waals surface area contributed by atoms with Crippen molar-refractivity contribution in [1.29, 1.82) is 0 Å². The molecule has 0 unspecified atom stereocenters. The number of amides is 2. The molecule has 148 valence electrons. The van der Waals surface area contributed by atoms with E-state index in [1.807, 2.05) is 38.1 Å². The van der Waals surface area contributed by atoms with Crippen molar-refractivity contribution in [2.24, 2.45) is 5.73 Å². The zero-order chi connectivity index (χ0) is 20.7. The number of nitrogens with two attached hydrogens (primary N) is 1. The summed E-state index contributed by atoms with van der Waals surface area (Å²) in [4.78, 5) is 35.4. The van der Waals surface area contributed by atoms with Gasteiger partial charge in [0, 0.05) is 5.69 Å². The number of carbonyl (C=O) groups excluding carboxylic acids is 3. The Hall–Kier alpha value is -3.35. The number of nitrogens with one attached hydrogen (secondary N) is 1. The van der Waals surface area contributed by atoms with Crippen LogP contribution in [0.2, 0.25) is 0 Å². The third-order valence-corrected chi connectivity index (χ3v) is 3.96. The summed E-state index contributed by atoms with van der Waals surface area (Å²) in [6.07, 6.45) is -0.974. The Balaban J connectivity index is 1.96. The first-order valence-corrected chi connectivity index (χ1v) is 8.90. The van der Waals surface area contributed by atoms with Gasteiger partial charge in [0.2, 0.25) is 0 Å². The van der Waals surface area contributed by atoms with Crippen LogP contribution in [-0.4, -0.2) is 30.5 Å². The van der Waals surface area contributed by atoms with Crippen LogP contribution < -0.4 is 15.8 Å². The molecule has 28 heavy (non-hydrogen) atoms. The van der Waals surface area contributed by atoms with Crippen LogP contribution in [0.3, 0.4) is 0 Å². The number of hydrogen-bond donors (Lipinski definition) is 2. The Morgan fingerprint density at radius 3 is 2.25 bits per heavy atom. The number of ether oxygens (including phenoxy) is 2. The van der Waals surface area contributed by atoms with Crippen LogP contribution in [-0.2, 0) is 14.3 Å². The first-order chi connectivity index (χ1) is 13.3. The van der Waals surface area contributed by atoms with E-state index in [1.165, 1.54) is 31.2 Å². The Morgan fingerprint density at radius 1 is 1.00 bits per heavy atom. The Morgan fingerprint density at radius 2 is 1.64 bits per heavy atom. The molecule has 2 aromatic rings. The zero-order valence-electron chi connectivity index (χ0n) is 16.1. The lowest BCUT2D eigenvalue weighted by atomic mass is 10.0. The summed E-state index contributed by atoms with van der Waals surface area (Å²) in [5.74, 6) is -1.01. The number of hydrogen-bond acceptors (Lipinski definition) is 5. The van der Waals surface area contributed by atoms with Gasteiger partial charge in [-0.1, -0.05) is 32.0 Å². The SMILES string of the molecule is CC(C)c1ccccc1NC(=O)[C@H](C)OC(=O)c1ccc(OCC(N)=O)cc1. The average molecular weight is 384 g/mol. The number of benzene rings is 2. The lowest BCUT2D eigenvalue weighted by Crippen LogP contribution is -2.30. The van der Waals surface area contributed by atoms with Crippen LogP contribution in [0.1, 0.15) is 42.6 Å². The van der Waals surface area contributed by atoms with Crippen molar-refractivity contribution >= 4 is 23.5 Å². The van der Waals surface area contributed by atoms with E-state index in [2.05, 4.69) is 5.32 Å². The van der Waals surface area contributed by atoms with Crippen LogP contribution >= 0.6 is 0 Å². The van der Waals surface area contributed by atoms with E-state index in [9.17, 15) is 14.4 Å². The zero-order valence-corrected chi connectivity index (χ0v) is 16.1. The fraction of sp³-hybridized carbons (Fsp3) is 0.286. The predicted molar refractivity (Wildman–Crippen MR) is 105 cm³/mol. The second-order valence-electron chi connectivity index (χ2n) is 6.56. The minimum Gasteiger partial charge on any atom is -0.484 e. The van der Waals surface area contributed by atoms with Gasteiger partial charge in [-0.25, -0.2) is 4.79 Å². The van der Waals surface area contributed by atoms with Crippen LogP contribution in [0.25, 0.3) is 0 Å². The predicted octanol–water partition coefficient (Wildman–Crippen LogP) is 2.86. The molecule has 1 atom stereocenters. The van der Waals surface area contributed by atoms with Crippen molar-refractivity contribution in [2.75, 3.05) is 11.9 Å². The molecule has 0 aliphatic carbocycles. The minimum atomic E-state index is -0.974. The highest BCUT2D eigenvalue weighted by Gasteiger charge is 2.20. The van der Waals surface area contributed by atoms with Gasteiger partial charge in [0.05, 0.1) is 5.56 Å². The maximum atomic E-state index is 12.4. The molecule has 0 heterocycles. The van der Waals surface area contributed by atoms with Crippen molar-refractivity contribution in [3.63, 3.8) is 0 Å². The Kier molecular flexibility index (Phi) is 7.14. The standard InChI is InChI=1S/C21H24N2O5/c1-13(2)17-6-4-5-7-18(17)23-20(25)14(3)28-21(26)15-8-10-16(11-9-15)27-12-19(22)24/h4-11,13-14H,12H2,1-3H3,(H2,22,24)(H,23,25)/t14-/m0/s1. The smallest absolute Gasteiger partial charge is 0.338 e. The summed E-state index contributed by atoms with van der Waals surface area (Å²) in [5.41, 5.74) is 6.96. The summed E-state index contributed by atoms with van der Waals surface area (Å²) in [6.45, 7) is 5.32. The highest BCUT2D eigenvalue weighted by molar-refractivity contribution is 5.97. The van der Waals surface area contributed by atoms with E-state index in [0.717, 1.165) is 5.56 Å². The molecular weight excluding hydrogens is 360 g/mol. The third-order valence-electron chi connectivity index (χ3n) is 3.96. The van der Waals surface area contributed by atoms with E-state index < -0.39 is 23.9 Å². The van der Waals surface area contributed by atoms with Crippen molar-refractivity contribution in [1.82, 2.24) is 0 Å². The molecule has 0 fully saturated rings. The van der Waals surface area contributed by atoms with E-state index in [0.29, 0.717) is 11.4 Å². The lowest BCUT2D eigenvalue weighted by molar-refractivity contribution is -0.123. The van der Waals surface area contributed by atoms with Gasteiger partial charge in [0.1, 0.15) is 5.75 Å². The molecule has 0 bridgehead atoms. The van der Waals surface area contributed by atoms with Crippen LogP contribution in [0, 0.1) is 0 Å². The molecule has 0 aliphatic rings. The topological polar surface area (TPSA) is 108 Å². The largest absolute Gasteiger partial charge is 0.484 e. The fourth-order valence-corrected chi connectivity index (χ4v) is 2.47. The van der Waals surface area contributed by atoms with Crippen molar-refractivity contribution in [3.05, 3.63) is 59.7 Å². The van der Waals surface area contributed by atoms with Gasteiger partial charge in [-0.15, -0.1) is 0 Å². The van der Waals surface area contributed by atoms with Crippen molar-refractivity contribution < 1.29 is 23.9 Å². The number of para-hydroxylation sites is 1. The number of carbonyl (C=O) groups is 3. The van der Waals surface area contributed by atoms with E-state index in [-0.39, 0.29) is 18.1 Å². The molecule has 0 aromatic heterocycles. The molecular formula is C21H24N2O5. The second kappa shape index (κ2) is 9.55. The number of anilines is 1. The molecule has 7 heteroatoms. The second-order valence-corrected chi connectivity index (χ2v) is 6.56. The number of primary amides is 1. The molecule has 2 rings (SSSR count). The normalized spacial score (nSPS) is 11.6. The molecule has 7 nitrogen and oxygen atoms in total. The molecule has 0 saturated heterocycles. The van der Waals surface area contributed by atoms with Crippen LogP contribution in [0.4, 0.5) is 5.69 Å². The lowest BCUT2D eigenvalue weighted by Gasteiger charge is -2.17. The summed E-state index contributed by atoms with van der Waals surface area (Å²) < 4.78 is 10.4. The van der Waals surface area contributed by atoms with Gasteiger partial charge in [-0.05, 0) is 48.7 Å². The van der Waals surface area contributed by atoms with Gasteiger partial charge < -0.3 is 20.5 Å². The van der Waals surface area contributed by atoms with Crippen molar-refractivity contribution in [2.45, 2.75) is 32.8 Å². The monoisotopic (exact) mass is 384 g/mol. The van der Waals surface area contributed by atoms with Crippen LogP contribution in [0.5, 0.6) is 5.75 Å². The molecule has 0 aliphatic heterocycles. The maximum absolute atomic E-state index is 12.4. The average Bonchev–Trinajstić information content (AvgIpc) is 2.66. The van der Waals surface area contributed by atoms with E-state index in [4.69, 9.17) is 15.2 Å². The Labute approximate surface area is 163 Å². The third kappa shape index (κ3) is 5.84. The van der Waals surface area contributed by atoms with Crippen LogP contribution in [0.15, 0.2) is 48.5 Å². The quantitative estimate of drug-likeness (QED) is 0.681. The van der Waals surface area contributed by atoms with Gasteiger partial charge in [0.25, 0.3) is 11.8 Å². The number of rotatable bonds is 8. The highest BCUT2D eigenvalue weighted by atomic mass is 16.5. The summed E-state index contributed by atoms with van der Waals surface area (Å²) >= 11 is 0. The van der Waals surface area contributed by atoms with E-state index in [1.54, 1.807) is 0 Å². The molecule has 0 radical (unpaired) electrons. The summed E-state index contributed by atoms with van der Waals surface area (Å²) in [6, 6.07) is 13.5. The molecule has 0 spiro atoms. The fourth-order valence-electron chi connectivity index (χ4n) is 2.47. The molecule has 2 aromatic carbocycles. The van der Waals surface area contributed by atoms with Gasteiger partial charge in [-0.3, -0.25) is 9.59 Å². The summed E-state index contributed by atoms with van der Waals surface area (Å²) in [5, 5.41) is 2.80. The van der Waals surface area contributed by atoms with Gasteiger partial charge in [0.15, 0.2) is 12.7 Å². The van der Waals surface area contributed by atoms with Gasteiger partial charge >= 0.3 is 5.97 Å². The summed E-state index contributed by atoms with van der Waals surface area (Å²) in [7, 11) is 0. The van der Waals surface area contributed by atoms with Crippen molar-refractivity contribution in [3.8, 4) is 5.75 Å². The Bertz CT molecular complexity index is 846.